The van der Waals surface area contributed by atoms with E-state index in [4.69, 9.17) is 9.26 Å². The number of fused-ring (bicyclic) bond motifs is 1. The predicted molar refractivity (Wildman–Crippen MR) is 195 cm³/mol. The van der Waals surface area contributed by atoms with Gasteiger partial charge in [-0.25, -0.2) is 4.79 Å². The summed E-state index contributed by atoms with van der Waals surface area (Å²) < 4.78 is 25.4. The zero-order valence-corrected chi connectivity index (χ0v) is 29.1. The van der Waals surface area contributed by atoms with Crippen LogP contribution in [0.25, 0.3) is 10.9 Å². The topological polar surface area (TPSA) is 110 Å². The molecule has 4 atom stereocenters. The van der Waals surface area contributed by atoms with Crippen LogP contribution in [0.4, 0.5) is 0 Å². The number of rotatable bonds is 18. The minimum Gasteiger partial charge on any atom is -0.459 e. The van der Waals surface area contributed by atoms with Crippen LogP contribution in [0.1, 0.15) is 48.9 Å². The van der Waals surface area contributed by atoms with Crippen molar-refractivity contribution in [1.82, 2.24) is 15.6 Å². The number of H-pyrrole nitrogens is 1. The first kappa shape index (κ1) is 35.8. The molecule has 3 N–H and O–H groups in total. The van der Waals surface area contributed by atoms with Crippen molar-refractivity contribution in [1.29, 1.82) is 0 Å². The molecule has 0 fully saturated rings. The maximum absolute atomic E-state index is 14.2. The van der Waals surface area contributed by atoms with Gasteiger partial charge in [0.15, 0.2) is 0 Å². The molecule has 2 unspecified atom stereocenters. The van der Waals surface area contributed by atoms with Gasteiger partial charge in [-0.2, -0.15) is 0 Å². The van der Waals surface area contributed by atoms with E-state index in [0.29, 0.717) is 19.3 Å². The lowest BCUT2D eigenvalue weighted by Gasteiger charge is -2.28. The summed E-state index contributed by atoms with van der Waals surface area (Å²) in [6.07, 6.45) is 3.76. The molecule has 0 aliphatic rings. The second kappa shape index (κ2) is 18.3. The Morgan fingerprint density at radius 1 is 0.755 bits per heavy atom. The molecule has 9 heteroatoms. The van der Waals surface area contributed by atoms with Gasteiger partial charge in [0.2, 0.25) is 13.9 Å². The fraction of sp³-hybridized carbons (Fsp3) is 0.300. The zero-order chi connectivity index (χ0) is 34.4. The maximum Gasteiger partial charge on any atom is 0.329 e. The first-order chi connectivity index (χ1) is 23.9. The van der Waals surface area contributed by atoms with Crippen LogP contribution in [-0.2, 0) is 49.5 Å². The molecule has 0 aliphatic heterocycles. The van der Waals surface area contributed by atoms with Gasteiger partial charge in [-0.3, -0.25) is 14.7 Å². The first-order valence-electron chi connectivity index (χ1n) is 16.9. The van der Waals surface area contributed by atoms with Gasteiger partial charge >= 0.3 is 5.97 Å². The van der Waals surface area contributed by atoms with Gasteiger partial charge in [0.1, 0.15) is 12.6 Å². The lowest BCUT2D eigenvalue weighted by Crippen LogP contribution is -2.53. The van der Waals surface area contributed by atoms with Gasteiger partial charge in [-0.15, -0.1) is 0 Å². The van der Waals surface area contributed by atoms with Crippen LogP contribution < -0.4 is 10.6 Å². The van der Waals surface area contributed by atoms with Gasteiger partial charge < -0.3 is 19.6 Å². The Kier molecular flexibility index (Phi) is 13.4. The maximum atomic E-state index is 14.2. The highest BCUT2D eigenvalue weighted by Crippen LogP contribution is 2.33. The number of hydrogen-bond acceptors (Lipinski definition) is 6. The number of aryl methyl sites for hydroxylation is 1. The van der Waals surface area contributed by atoms with Crippen LogP contribution >= 0.6 is 8.03 Å². The Hall–Kier alpha value is -4.49. The van der Waals surface area contributed by atoms with Crippen molar-refractivity contribution in [3.8, 4) is 0 Å². The molecular weight excluding hydrogens is 633 g/mol. The summed E-state index contributed by atoms with van der Waals surface area (Å²) in [5, 5.41) is 7.41. The SMILES string of the molecule is CC(C)C[C@H](NC(CCc1ccccc1)[PH](=O)OCc1ccccc1)C(=O)N[C@@H](Cc1c[nH]c2ccccc12)C(=O)OCc1ccccc1. The third-order valence-electron chi connectivity index (χ3n) is 8.42. The van der Waals surface area contributed by atoms with E-state index in [1.165, 1.54) is 0 Å². The summed E-state index contributed by atoms with van der Waals surface area (Å²) in [7, 11) is -2.64. The number of aromatic amines is 1. The van der Waals surface area contributed by atoms with Gasteiger partial charge in [0.25, 0.3) is 0 Å². The van der Waals surface area contributed by atoms with Crippen molar-refractivity contribution in [3.63, 3.8) is 0 Å². The van der Waals surface area contributed by atoms with Crippen LogP contribution in [0.3, 0.4) is 0 Å². The lowest BCUT2D eigenvalue weighted by atomic mass is 10.0. The monoisotopic (exact) mass is 679 g/mol. The molecule has 8 nitrogen and oxygen atoms in total. The summed E-state index contributed by atoms with van der Waals surface area (Å²) in [6, 6.07) is 35.3. The van der Waals surface area contributed by atoms with E-state index in [-0.39, 0.29) is 31.5 Å². The molecule has 0 aliphatic carbocycles. The first-order valence-corrected chi connectivity index (χ1v) is 18.3. The molecule has 5 aromatic rings. The number of aromatic nitrogens is 1. The molecule has 0 spiro atoms. The van der Waals surface area contributed by atoms with Crippen LogP contribution in [-0.4, -0.2) is 34.7 Å². The van der Waals surface area contributed by atoms with Crippen molar-refractivity contribution in [2.45, 2.75) is 70.6 Å². The molecule has 0 radical (unpaired) electrons. The molecule has 1 heterocycles. The quantitative estimate of drug-likeness (QED) is 0.0651. The van der Waals surface area contributed by atoms with Gasteiger partial charge in [-0.1, -0.05) is 123 Å². The average Bonchev–Trinajstić information content (AvgIpc) is 3.54. The normalized spacial score (nSPS) is 13.9. The van der Waals surface area contributed by atoms with E-state index in [0.717, 1.165) is 33.2 Å². The van der Waals surface area contributed by atoms with E-state index in [1.54, 1.807) is 0 Å². The highest BCUT2D eigenvalue weighted by molar-refractivity contribution is 7.39. The Labute approximate surface area is 289 Å². The van der Waals surface area contributed by atoms with Gasteiger partial charge in [-0.05, 0) is 53.5 Å². The Bertz CT molecular complexity index is 1780. The fourth-order valence-electron chi connectivity index (χ4n) is 5.83. The minimum atomic E-state index is -2.64. The molecular formula is C40H46N3O5P. The molecule has 1 amide bonds. The van der Waals surface area contributed by atoms with Crippen LogP contribution in [0.15, 0.2) is 121 Å². The molecule has 5 rings (SSSR count). The number of amides is 1. The van der Waals surface area contributed by atoms with E-state index >= 15 is 0 Å². The number of carbonyl (C=O) groups excluding carboxylic acids is 2. The Morgan fingerprint density at radius 3 is 2.00 bits per heavy atom. The predicted octanol–water partition coefficient (Wildman–Crippen LogP) is 7.59. The van der Waals surface area contributed by atoms with E-state index in [1.807, 2.05) is 135 Å². The molecule has 4 aromatic carbocycles. The summed E-state index contributed by atoms with van der Waals surface area (Å²) in [5.74, 6) is -1.30. The minimum absolute atomic E-state index is 0.0931. The van der Waals surface area contributed by atoms with E-state index in [9.17, 15) is 14.2 Å². The molecule has 0 bridgehead atoms. The van der Waals surface area contributed by atoms with Crippen molar-refractivity contribution in [2.24, 2.45) is 5.92 Å². The highest BCUT2D eigenvalue weighted by atomic mass is 31.1. The van der Waals surface area contributed by atoms with Gasteiger partial charge in [0.05, 0.1) is 18.4 Å². The summed E-state index contributed by atoms with van der Waals surface area (Å²) >= 11 is 0. The summed E-state index contributed by atoms with van der Waals surface area (Å²) in [5.41, 5.74) is 4.73. The van der Waals surface area contributed by atoms with E-state index < -0.39 is 31.9 Å². The smallest absolute Gasteiger partial charge is 0.329 e. The molecule has 0 saturated carbocycles. The number of ether oxygens (including phenoxy) is 1. The van der Waals surface area contributed by atoms with Crippen molar-refractivity contribution < 1.29 is 23.4 Å². The Morgan fingerprint density at radius 2 is 1.35 bits per heavy atom. The second-order valence-electron chi connectivity index (χ2n) is 12.7. The third-order valence-corrected chi connectivity index (χ3v) is 9.88. The number of benzene rings is 4. The second-order valence-corrected chi connectivity index (χ2v) is 14.4. The van der Waals surface area contributed by atoms with Crippen LogP contribution in [0.2, 0.25) is 0 Å². The van der Waals surface area contributed by atoms with Crippen LogP contribution in [0, 0.1) is 5.92 Å². The third kappa shape index (κ3) is 11.0. The number of para-hydroxylation sites is 1. The standard InChI is InChI=1S/C40H46N3O5P/c1-29(2)24-36(42-38(23-22-30-14-6-3-7-15-30)49(46)48-28-32-18-10-5-11-19-32)39(44)43-37(40(45)47-27-31-16-8-4-9-17-31)25-33-26-41-35-21-13-12-20-34(33)35/h3-21,26,29,36-38,41-42,49H,22-25,27-28H2,1-2H3,(H,43,44)/t36-,37-,38?/m0/s1. The lowest BCUT2D eigenvalue weighted by molar-refractivity contribution is -0.149. The largest absolute Gasteiger partial charge is 0.459 e. The van der Waals surface area contributed by atoms with Gasteiger partial charge in [0, 0.05) is 23.5 Å². The summed E-state index contributed by atoms with van der Waals surface area (Å²) in [4.78, 5) is 31.0. The average molecular weight is 680 g/mol. The zero-order valence-electron chi connectivity index (χ0n) is 28.1. The van der Waals surface area contributed by atoms with Crippen LogP contribution in [0.5, 0.6) is 0 Å². The fourth-order valence-corrected chi connectivity index (χ4v) is 7.06. The number of esters is 1. The number of carbonyl (C=O) groups is 2. The van der Waals surface area contributed by atoms with E-state index in [2.05, 4.69) is 15.6 Å². The summed E-state index contributed by atoms with van der Waals surface area (Å²) in [6.45, 7) is 4.37. The molecule has 1 aromatic heterocycles. The van der Waals surface area contributed by atoms with Crippen molar-refractivity contribution >= 4 is 30.8 Å². The van der Waals surface area contributed by atoms with Crippen molar-refractivity contribution in [2.75, 3.05) is 0 Å². The Balaban J connectivity index is 1.35. The molecule has 0 saturated heterocycles. The van der Waals surface area contributed by atoms with Crippen molar-refractivity contribution in [3.05, 3.63) is 144 Å². The molecule has 49 heavy (non-hydrogen) atoms. The molecule has 256 valence electrons. The number of hydrogen-bond donors (Lipinski definition) is 3. The number of nitrogens with one attached hydrogen (secondary N) is 3. The highest BCUT2D eigenvalue weighted by Gasteiger charge is 2.31.